The molecule has 1 fully saturated rings. The van der Waals surface area contributed by atoms with Crippen molar-refractivity contribution in [3.05, 3.63) is 46.7 Å². The molecule has 0 spiro atoms. The SMILES string of the molecule is CC(=O)Nc1ccc(C(F)(F)F)cc1Br.CC1(C)OB(n2cccn2)OC1(C)C. The first-order chi connectivity index (χ1) is 13.2. The Kier molecular flexibility index (Phi) is 6.86. The van der Waals surface area contributed by atoms with Crippen LogP contribution >= 0.6 is 15.9 Å². The highest BCUT2D eigenvalue weighted by molar-refractivity contribution is 9.10. The molecule has 0 bridgehead atoms. The maximum atomic E-state index is 12.3. The van der Waals surface area contributed by atoms with Gasteiger partial charge in [0.2, 0.25) is 5.91 Å². The fourth-order valence-electron chi connectivity index (χ4n) is 2.31. The number of anilines is 1. The van der Waals surface area contributed by atoms with Crippen LogP contribution in [-0.2, 0) is 20.3 Å². The number of nitrogens with zero attached hydrogens (tertiary/aromatic N) is 2. The first-order valence-electron chi connectivity index (χ1n) is 8.72. The van der Waals surface area contributed by atoms with Gasteiger partial charge >= 0.3 is 13.4 Å². The van der Waals surface area contributed by atoms with Crippen LogP contribution in [0.5, 0.6) is 0 Å². The molecule has 1 aromatic carbocycles. The van der Waals surface area contributed by atoms with Crippen LogP contribution in [0.25, 0.3) is 0 Å². The predicted octanol–water partition coefficient (Wildman–Crippen LogP) is 4.75. The van der Waals surface area contributed by atoms with Crippen molar-refractivity contribution in [2.45, 2.75) is 52.0 Å². The maximum absolute atomic E-state index is 12.3. The summed E-state index contributed by atoms with van der Waals surface area (Å²) in [6, 6.07) is 4.89. The second-order valence-corrected chi connectivity index (χ2v) is 8.28. The average molecular weight is 476 g/mol. The zero-order valence-corrected chi connectivity index (χ0v) is 18.3. The van der Waals surface area contributed by atoms with Crippen molar-refractivity contribution in [1.29, 1.82) is 0 Å². The van der Waals surface area contributed by atoms with Crippen LogP contribution in [0.1, 0.15) is 40.2 Å². The van der Waals surface area contributed by atoms with Crippen LogP contribution in [0.4, 0.5) is 18.9 Å². The second-order valence-electron chi connectivity index (χ2n) is 7.42. The van der Waals surface area contributed by atoms with Crippen LogP contribution in [0.15, 0.2) is 41.1 Å². The minimum absolute atomic E-state index is 0.201. The van der Waals surface area contributed by atoms with E-state index in [9.17, 15) is 18.0 Å². The molecule has 1 saturated heterocycles. The molecule has 0 aliphatic carbocycles. The Bertz CT molecular complexity index is 842. The van der Waals surface area contributed by atoms with Gasteiger partial charge in [0.05, 0.1) is 22.5 Å². The molecule has 0 saturated carbocycles. The lowest BCUT2D eigenvalue weighted by Gasteiger charge is -2.32. The van der Waals surface area contributed by atoms with Gasteiger partial charge in [0.15, 0.2) is 0 Å². The van der Waals surface area contributed by atoms with E-state index in [1.54, 1.807) is 10.8 Å². The molecule has 29 heavy (non-hydrogen) atoms. The number of benzene rings is 1. The number of nitrogens with one attached hydrogen (secondary N) is 1. The number of amides is 1. The largest absolute Gasteiger partial charge is 0.615 e. The van der Waals surface area contributed by atoms with E-state index in [1.165, 1.54) is 13.0 Å². The van der Waals surface area contributed by atoms with Gasteiger partial charge in [-0.25, -0.2) is 0 Å². The lowest BCUT2D eigenvalue weighted by atomic mass is 9.90. The quantitative estimate of drug-likeness (QED) is 0.636. The molecule has 3 rings (SSSR count). The summed E-state index contributed by atoms with van der Waals surface area (Å²) in [4.78, 5) is 10.7. The fraction of sp³-hybridized carbons (Fsp3) is 0.444. The van der Waals surface area contributed by atoms with Crippen LogP contribution in [-0.4, -0.2) is 34.1 Å². The Morgan fingerprint density at radius 1 is 1.21 bits per heavy atom. The van der Waals surface area contributed by atoms with Crippen molar-refractivity contribution in [2.24, 2.45) is 0 Å². The monoisotopic (exact) mass is 475 g/mol. The molecule has 6 nitrogen and oxygen atoms in total. The molecule has 0 unspecified atom stereocenters. The summed E-state index contributed by atoms with van der Waals surface area (Å²) in [5.41, 5.74) is -1.05. The highest BCUT2D eigenvalue weighted by atomic mass is 79.9. The van der Waals surface area contributed by atoms with E-state index < -0.39 is 19.0 Å². The Morgan fingerprint density at radius 2 is 1.79 bits per heavy atom. The third-order valence-corrected chi connectivity index (χ3v) is 5.24. The summed E-state index contributed by atoms with van der Waals surface area (Å²) >= 11 is 2.95. The standard InChI is InChI=1S/C9H15BN2O2.C9H7BrF3NO/c1-8(2)9(3,4)14-10(13-8)12-7-5-6-11-12;1-5(15)14-8-3-2-6(4-7(8)10)9(11,12)13/h5-7H,1-4H3;2-4H,1H3,(H,14,15). The third kappa shape index (κ3) is 5.83. The van der Waals surface area contributed by atoms with Gasteiger partial charge in [-0.3, -0.25) is 9.39 Å². The Balaban J connectivity index is 0.000000207. The average Bonchev–Trinajstić information content (AvgIpc) is 3.15. The molecule has 1 aliphatic rings. The molecule has 2 heterocycles. The van der Waals surface area contributed by atoms with Crippen molar-refractivity contribution >= 4 is 34.8 Å². The summed E-state index contributed by atoms with van der Waals surface area (Å²) in [6.07, 6.45) is -0.829. The van der Waals surface area contributed by atoms with Gasteiger partial charge in [0.25, 0.3) is 0 Å². The van der Waals surface area contributed by atoms with Gasteiger partial charge in [0.1, 0.15) is 0 Å². The molecule has 11 heteroatoms. The molecule has 1 amide bonds. The lowest BCUT2D eigenvalue weighted by molar-refractivity contribution is -0.137. The van der Waals surface area contributed by atoms with E-state index >= 15 is 0 Å². The van der Waals surface area contributed by atoms with Crippen molar-refractivity contribution < 1.29 is 27.3 Å². The van der Waals surface area contributed by atoms with E-state index in [-0.39, 0.29) is 21.6 Å². The van der Waals surface area contributed by atoms with E-state index in [2.05, 4.69) is 26.3 Å². The van der Waals surface area contributed by atoms with Gasteiger partial charge < -0.3 is 14.6 Å². The summed E-state index contributed by atoms with van der Waals surface area (Å²) in [5, 5.41) is 6.49. The van der Waals surface area contributed by atoms with E-state index in [1.807, 2.05) is 40.0 Å². The molecule has 2 aromatic rings. The molecule has 1 N–H and O–H groups in total. The van der Waals surface area contributed by atoms with Gasteiger partial charge in [0, 0.05) is 23.8 Å². The zero-order chi connectivity index (χ0) is 22.0. The molecule has 158 valence electrons. The summed E-state index contributed by atoms with van der Waals surface area (Å²) in [7, 11) is -0.407. The lowest BCUT2D eigenvalue weighted by Crippen LogP contribution is -2.41. The van der Waals surface area contributed by atoms with Crippen molar-refractivity contribution in [1.82, 2.24) is 9.69 Å². The molecular weight excluding hydrogens is 454 g/mol. The Hall–Kier alpha value is -1.85. The van der Waals surface area contributed by atoms with E-state index in [4.69, 9.17) is 9.31 Å². The molecule has 1 aliphatic heterocycles. The number of alkyl halides is 3. The third-order valence-electron chi connectivity index (χ3n) is 4.59. The summed E-state index contributed by atoms with van der Waals surface area (Å²) in [5.74, 6) is -0.338. The highest BCUT2D eigenvalue weighted by Gasteiger charge is 2.53. The van der Waals surface area contributed by atoms with Crippen LogP contribution < -0.4 is 5.32 Å². The van der Waals surface area contributed by atoms with Gasteiger partial charge in [-0.05, 0) is 67.9 Å². The van der Waals surface area contributed by atoms with Crippen molar-refractivity contribution in [3.8, 4) is 0 Å². The maximum Gasteiger partial charge on any atom is 0.615 e. The number of hydrogen-bond acceptors (Lipinski definition) is 4. The number of carbonyl (C=O) groups excluding carboxylic acids is 1. The minimum Gasteiger partial charge on any atom is -0.383 e. The Labute approximate surface area is 176 Å². The van der Waals surface area contributed by atoms with Gasteiger partial charge in [-0.2, -0.15) is 18.3 Å². The van der Waals surface area contributed by atoms with Crippen molar-refractivity contribution in [3.63, 3.8) is 0 Å². The molecule has 1 aromatic heterocycles. The number of rotatable bonds is 2. The zero-order valence-electron chi connectivity index (χ0n) is 16.7. The molecule has 0 atom stereocenters. The number of carbonyl (C=O) groups is 1. The van der Waals surface area contributed by atoms with E-state index in [0.717, 1.165) is 12.1 Å². The number of halogens is 4. The highest BCUT2D eigenvalue weighted by Crippen LogP contribution is 2.36. The van der Waals surface area contributed by atoms with Crippen LogP contribution in [0.2, 0.25) is 0 Å². The van der Waals surface area contributed by atoms with Gasteiger partial charge in [-0.1, -0.05) is 0 Å². The smallest absolute Gasteiger partial charge is 0.383 e. The van der Waals surface area contributed by atoms with Crippen LogP contribution in [0, 0.1) is 0 Å². The minimum atomic E-state index is -4.38. The first-order valence-corrected chi connectivity index (χ1v) is 9.51. The fourth-order valence-corrected chi connectivity index (χ4v) is 2.79. The van der Waals surface area contributed by atoms with Crippen molar-refractivity contribution in [2.75, 3.05) is 5.32 Å². The summed E-state index contributed by atoms with van der Waals surface area (Å²) < 4.78 is 50.2. The van der Waals surface area contributed by atoms with Gasteiger partial charge in [-0.15, -0.1) is 0 Å². The molecule has 0 radical (unpaired) electrons. The topological polar surface area (TPSA) is 65.4 Å². The number of aromatic nitrogens is 2. The molecular formula is C18H22BBrF3N3O3. The normalized spacial score (nSPS) is 17.5. The van der Waals surface area contributed by atoms with E-state index in [0.29, 0.717) is 5.69 Å². The first kappa shape index (κ1) is 23.4. The predicted molar refractivity (Wildman–Crippen MR) is 107 cm³/mol. The van der Waals surface area contributed by atoms with Crippen LogP contribution in [0.3, 0.4) is 0 Å². The second kappa shape index (κ2) is 8.49. The summed E-state index contributed by atoms with van der Waals surface area (Å²) in [6.45, 7) is 9.38. The number of hydrogen-bond donors (Lipinski definition) is 1. The Morgan fingerprint density at radius 3 is 2.21 bits per heavy atom.